The summed E-state index contributed by atoms with van der Waals surface area (Å²) in [5.41, 5.74) is 20.4. The van der Waals surface area contributed by atoms with E-state index in [4.69, 9.17) is 0 Å². The summed E-state index contributed by atoms with van der Waals surface area (Å²) >= 11 is 0. The fourth-order valence-electron chi connectivity index (χ4n) is 14.0. The van der Waals surface area contributed by atoms with Gasteiger partial charge in [0, 0.05) is 50.6 Å². The molecule has 72 heavy (non-hydrogen) atoms. The number of unbranched alkanes of at least 4 members (excludes halogenated alkanes) is 1. The summed E-state index contributed by atoms with van der Waals surface area (Å²) < 4.78 is 2.46. The van der Waals surface area contributed by atoms with Crippen LogP contribution in [-0.2, 0) is 17.3 Å². The van der Waals surface area contributed by atoms with Gasteiger partial charge in [-0.2, -0.15) is 0 Å². The van der Waals surface area contributed by atoms with Gasteiger partial charge in [0.1, 0.15) is 0 Å². The third kappa shape index (κ3) is 8.45. The number of fused-ring (bicyclic) bond motifs is 3. The molecule has 8 aromatic rings. The Bertz CT molecular complexity index is 3350. The second-order valence-electron chi connectivity index (χ2n) is 22.3. The lowest BCUT2D eigenvalue weighted by Crippen LogP contribution is -2.55. The zero-order valence-corrected chi connectivity index (χ0v) is 42.7. The van der Waals surface area contributed by atoms with Gasteiger partial charge >= 0.3 is 0 Å². The molecule has 0 amide bonds. The van der Waals surface area contributed by atoms with E-state index in [1.807, 2.05) is 6.08 Å². The molecule has 0 aliphatic heterocycles. The van der Waals surface area contributed by atoms with Crippen LogP contribution >= 0.6 is 0 Å². The summed E-state index contributed by atoms with van der Waals surface area (Å²) in [4.78, 5) is 4.94. The maximum atomic E-state index is 4.38. The molecular formula is C69H69N3. The molecule has 5 aliphatic carbocycles. The highest BCUT2D eigenvalue weighted by molar-refractivity contribution is 6.12. The highest BCUT2D eigenvalue weighted by Gasteiger charge is 2.58. The Morgan fingerprint density at radius 3 is 1.69 bits per heavy atom. The van der Waals surface area contributed by atoms with Crippen LogP contribution in [0.25, 0.3) is 33.6 Å². The van der Waals surface area contributed by atoms with Crippen LogP contribution in [0.15, 0.2) is 200 Å². The standard InChI is InChI=1S/C69H69N3/c1-6-8-12-52-21-32-59(33-22-52)71(60-34-25-56(26-35-60)69-45-53-40-54(46-69)44-68(43-53,47-69)55-23-19-51(7-2)20-24-55)63-37-39-67-65(42-63)64-41-62(36-38-66(64)72(67)61-30-17-50(5)18-31-61)70(58-28-15-49(4)16-29-58)57-13-10-9-11-48(3)14-27-57/h7,13-39,41-42,53-54H,2-3,6,8-12,40,43-47H2,1,4-5H3. The number of nitrogens with zero attached hydrogens (tertiary/aromatic N) is 3. The summed E-state index contributed by atoms with van der Waals surface area (Å²) in [6.45, 7) is 15.0. The van der Waals surface area contributed by atoms with E-state index in [1.54, 1.807) is 5.56 Å². The molecular weight excluding hydrogens is 871 g/mol. The minimum Gasteiger partial charge on any atom is -0.311 e. The van der Waals surface area contributed by atoms with Gasteiger partial charge in [-0.15, -0.1) is 0 Å². The first kappa shape index (κ1) is 46.0. The number of anilines is 5. The maximum absolute atomic E-state index is 4.38. The van der Waals surface area contributed by atoms with Crippen molar-refractivity contribution in [1.29, 1.82) is 0 Å². The fourth-order valence-corrected chi connectivity index (χ4v) is 14.0. The van der Waals surface area contributed by atoms with Crippen molar-refractivity contribution in [3.8, 4) is 5.69 Å². The molecule has 1 heterocycles. The van der Waals surface area contributed by atoms with Crippen molar-refractivity contribution in [2.24, 2.45) is 11.8 Å². The van der Waals surface area contributed by atoms with Crippen LogP contribution in [0.3, 0.4) is 0 Å². The van der Waals surface area contributed by atoms with E-state index >= 15 is 0 Å². The molecule has 13 rings (SSSR count). The Labute approximate surface area is 428 Å². The Balaban J connectivity index is 0.994. The van der Waals surface area contributed by atoms with Crippen LogP contribution in [0.5, 0.6) is 0 Å². The van der Waals surface area contributed by atoms with Gasteiger partial charge in [-0.05, 0) is 220 Å². The van der Waals surface area contributed by atoms with Gasteiger partial charge in [0.2, 0.25) is 0 Å². The van der Waals surface area contributed by atoms with Crippen LogP contribution in [0.4, 0.5) is 28.4 Å². The van der Waals surface area contributed by atoms with Gasteiger partial charge in [0.05, 0.1) is 11.0 Å². The predicted molar refractivity (Wildman–Crippen MR) is 307 cm³/mol. The topological polar surface area (TPSA) is 11.4 Å². The van der Waals surface area contributed by atoms with Crippen LogP contribution in [0, 0.1) is 25.7 Å². The van der Waals surface area contributed by atoms with E-state index in [2.05, 4.69) is 224 Å². The van der Waals surface area contributed by atoms with Crippen LogP contribution in [-0.4, -0.2) is 4.57 Å². The number of allylic oxidation sites excluding steroid dienone is 4. The largest absolute Gasteiger partial charge is 0.311 e. The summed E-state index contributed by atoms with van der Waals surface area (Å²) in [5, 5.41) is 2.45. The zero-order chi connectivity index (χ0) is 49.0. The first-order valence-corrected chi connectivity index (χ1v) is 27.0. The van der Waals surface area contributed by atoms with Crippen molar-refractivity contribution in [2.45, 2.75) is 109 Å². The summed E-state index contributed by atoms with van der Waals surface area (Å²) in [6.07, 6.45) is 23.4. The van der Waals surface area contributed by atoms with Gasteiger partial charge in [-0.3, -0.25) is 0 Å². The number of hydrogen-bond acceptors (Lipinski definition) is 2. The fraction of sp³-hybridized carbons (Fsp3) is 0.275. The minimum absolute atomic E-state index is 0.210. The monoisotopic (exact) mass is 940 g/mol. The van der Waals surface area contributed by atoms with E-state index in [0.717, 1.165) is 60.3 Å². The molecule has 3 heteroatoms. The van der Waals surface area contributed by atoms with E-state index in [0.29, 0.717) is 0 Å². The van der Waals surface area contributed by atoms with Crippen molar-refractivity contribution < 1.29 is 0 Å². The Hall–Kier alpha value is -7.10. The SMILES string of the molecule is C=Cc1ccc(C23CC4CC(C2)CC(c2ccc(N(c5ccc(CCCC)cc5)c5ccc6c(c5)c5cc(N(C7=CCCCC(=C)C=C7)c7ccc(C)cc7)ccc5n6-c5ccc(C)cc5)cc2)(C4)C3)cc1. The molecule has 4 fully saturated rings. The molecule has 3 nitrogen and oxygen atoms in total. The molecule has 7 aromatic carbocycles. The van der Waals surface area contributed by atoms with Gasteiger partial charge in [-0.25, -0.2) is 0 Å². The molecule has 2 atom stereocenters. The smallest absolute Gasteiger partial charge is 0.0542 e. The van der Waals surface area contributed by atoms with Gasteiger partial charge < -0.3 is 14.4 Å². The molecule has 4 bridgehead atoms. The van der Waals surface area contributed by atoms with Crippen molar-refractivity contribution in [2.75, 3.05) is 9.80 Å². The normalized spacial score (nSPS) is 21.4. The summed E-state index contributed by atoms with van der Waals surface area (Å²) in [6, 6.07) is 61.0. The van der Waals surface area contributed by atoms with Crippen molar-refractivity contribution in [1.82, 2.24) is 4.57 Å². The zero-order valence-electron chi connectivity index (χ0n) is 42.7. The second kappa shape index (κ2) is 18.8. The number of aryl methyl sites for hydroxylation is 3. The van der Waals surface area contributed by atoms with E-state index in [1.165, 1.54) is 124 Å². The molecule has 4 saturated carbocycles. The lowest BCUT2D eigenvalue weighted by Gasteiger charge is -2.63. The average Bonchev–Trinajstić information content (AvgIpc) is 3.71. The number of aromatic nitrogens is 1. The van der Waals surface area contributed by atoms with Crippen LogP contribution in [0.2, 0.25) is 0 Å². The molecule has 0 radical (unpaired) electrons. The van der Waals surface area contributed by atoms with E-state index in [-0.39, 0.29) is 10.8 Å². The summed E-state index contributed by atoms with van der Waals surface area (Å²) in [7, 11) is 0. The van der Waals surface area contributed by atoms with Gasteiger partial charge in [0.25, 0.3) is 0 Å². The predicted octanol–water partition coefficient (Wildman–Crippen LogP) is 19.0. The average molecular weight is 940 g/mol. The van der Waals surface area contributed by atoms with E-state index in [9.17, 15) is 0 Å². The Morgan fingerprint density at radius 1 is 0.597 bits per heavy atom. The first-order chi connectivity index (χ1) is 35.2. The Morgan fingerprint density at radius 2 is 1.11 bits per heavy atom. The second-order valence-corrected chi connectivity index (χ2v) is 22.3. The van der Waals surface area contributed by atoms with Crippen LogP contribution < -0.4 is 9.80 Å². The van der Waals surface area contributed by atoms with Gasteiger partial charge in [0.15, 0.2) is 0 Å². The Kier molecular flexibility index (Phi) is 12.0. The highest BCUT2D eigenvalue weighted by atomic mass is 15.2. The third-order valence-electron chi connectivity index (χ3n) is 17.2. The molecule has 1 aromatic heterocycles. The molecule has 0 spiro atoms. The third-order valence-corrected chi connectivity index (χ3v) is 17.2. The van der Waals surface area contributed by atoms with Crippen molar-refractivity contribution in [3.63, 3.8) is 0 Å². The number of hydrogen-bond donors (Lipinski definition) is 0. The molecule has 2 unspecified atom stereocenters. The molecule has 360 valence electrons. The van der Waals surface area contributed by atoms with Crippen molar-refractivity contribution in [3.05, 3.63) is 234 Å². The molecule has 5 aliphatic rings. The minimum atomic E-state index is 0.210. The van der Waals surface area contributed by atoms with E-state index < -0.39 is 0 Å². The molecule has 0 saturated heterocycles. The van der Waals surface area contributed by atoms with Crippen LogP contribution in [0.1, 0.15) is 111 Å². The highest BCUT2D eigenvalue weighted by Crippen LogP contribution is 2.66. The number of rotatable bonds is 13. The first-order valence-electron chi connectivity index (χ1n) is 27.0. The number of benzene rings is 7. The van der Waals surface area contributed by atoms with Gasteiger partial charge in [-0.1, -0.05) is 134 Å². The lowest BCUT2D eigenvalue weighted by molar-refractivity contribution is -0.0281. The quantitative estimate of drug-likeness (QED) is 0.114. The molecule has 0 N–H and O–H groups in total. The van der Waals surface area contributed by atoms with Crippen molar-refractivity contribution >= 4 is 56.3 Å². The lowest BCUT2D eigenvalue weighted by atomic mass is 9.42. The maximum Gasteiger partial charge on any atom is 0.0542 e. The summed E-state index contributed by atoms with van der Waals surface area (Å²) in [5.74, 6) is 1.58.